The van der Waals surface area contributed by atoms with Crippen LogP contribution < -0.4 is 4.74 Å². The summed E-state index contributed by atoms with van der Waals surface area (Å²) in [6.45, 7) is 0. The van der Waals surface area contributed by atoms with Gasteiger partial charge in [-0.25, -0.2) is 12.8 Å². The Morgan fingerprint density at radius 1 is 1.07 bits per heavy atom. The largest absolute Gasteiger partial charge is 0.496 e. The number of benzene rings is 2. The minimum atomic E-state index is -3.32. The van der Waals surface area contributed by atoms with Crippen molar-refractivity contribution in [1.82, 2.24) is 14.6 Å². The van der Waals surface area contributed by atoms with E-state index in [0.29, 0.717) is 29.8 Å². The standard InChI is InChI=1S/C22H20FN3O3S/c1-29-21-8-4-7-20(23)19(21)12-10-16-9-11-18(22-25-24-14-26(16)22)15-5-3-6-17(13-15)30(2,27)28/h3-9,11,13-14H,10,12H2,1-2H3. The molecule has 6 nitrogen and oxygen atoms in total. The molecule has 4 aromatic rings. The van der Waals surface area contributed by atoms with Crippen LogP contribution in [0.1, 0.15) is 11.3 Å². The van der Waals surface area contributed by atoms with Crippen LogP contribution in [0.2, 0.25) is 0 Å². The van der Waals surface area contributed by atoms with Gasteiger partial charge in [0, 0.05) is 23.1 Å². The van der Waals surface area contributed by atoms with Crippen LogP contribution in [0.15, 0.2) is 65.8 Å². The van der Waals surface area contributed by atoms with Crippen LogP contribution in [0.25, 0.3) is 16.8 Å². The van der Waals surface area contributed by atoms with Gasteiger partial charge in [0.1, 0.15) is 17.9 Å². The SMILES string of the molecule is COc1cccc(F)c1CCc1ccc(-c2cccc(S(C)(=O)=O)c2)c2nncn12. The molecule has 8 heteroatoms. The maximum atomic E-state index is 14.3. The molecule has 154 valence electrons. The van der Waals surface area contributed by atoms with E-state index >= 15 is 0 Å². The fourth-order valence-electron chi connectivity index (χ4n) is 3.51. The summed E-state index contributed by atoms with van der Waals surface area (Å²) in [6.07, 6.45) is 3.79. The summed E-state index contributed by atoms with van der Waals surface area (Å²) < 4.78 is 45.2. The predicted molar refractivity (Wildman–Crippen MR) is 112 cm³/mol. The van der Waals surface area contributed by atoms with Crippen molar-refractivity contribution < 1.29 is 17.5 Å². The average molecular weight is 425 g/mol. The molecule has 0 radical (unpaired) electrons. The minimum Gasteiger partial charge on any atom is -0.496 e. The third kappa shape index (κ3) is 3.78. The maximum Gasteiger partial charge on any atom is 0.175 e. The number of aromatic nitrogens is 3. The van der Waals surface area contributed by atoms with Gasteiger partial charge in [0.25, 0.3) is 0 Å². The molecule has 2 aromatic heterocycles. The zero-order valence-electron chi connectivity index (χ0n) is 16.5. The van der Waals surface area contributed by atoms with Gasteiger partial charge in [-0.05, 0) is 54.8 Å². The molecule has 0 amide bonds. The molecular weight excluding hydrogens is 405 g/mol. The lowest BCUT2D eigenvalue weighted by Gasteiger charge is -2.12. The molecule has 0 saturated heterocycles. The molecule has 4 rings (SSSR count). The zero-order chi connectivity index (χ0) is 21.3. The van der Waals surface area contributed by atoms with Gasteiger partial charge >= 0.3 is 0 Å². The number of ether oxygens (including phenoxy) is 1. The molecule has 0 aliphatic rings. The van der Waals surface area contributed by atoms with Crippen molar-refractivity contribution in [2.45, 2.75) is 17.7 Å². The smallest absolute Gasteiger partial charge is 0.175 e. The highest BCUT2D eigenvalue weighted by Crippen LogP contribution is 2.28. The summed E-state index contributed by atoms with van der Waals surface area (Å²) in [5.41, 5.74) is 3.54. The van der Waals surface area contributed by atoms with Gasteiger partial charge in [-0.3, -0.25) is 4.40 Å². The first-order chi connectivity index (χ1) is 14.4. The number of nitrogens with zero attached hydrogens (tertiary/aromatic N) is 3. The lowest BCUT2D eigenvalue weighted by molar-refractivity contribution is 0.404. The van der Waals surface area contributed by atoms with Crippen molar-refractivity contribution in [1.29, 1.82) is 0 Å². The Bertz CT molecular complexity index is 1330. The number of methoxy groups -OCH3 is 1. The third-order valence-electron chi connectivity index (χ3n) is 5.04. The second-order valence-corrected chi connectivity index (χ2v) is 9.00. The molecule has 0 aliphatic heterocycles. The topological polar surface area (TPSA) is 73.6 Å². The van der Waals surface area contributed by atoms with Crippen LogP contribution in [-0.2, 0) is 22.7 Å². The summed E-state index contributed by atoms with van der Waals surface area (Å²) >= 11 is 0. The van der Waals surface area contributed by atoms with Gasteiger partial charge in [-0.15, -0.1) is 10.2 Å². The van der Waals surface area contributed by atoms with Gasteiger partial charge in [0.2, 0.25) is 0 Å². The van der Waals surface area contributed by atoms with E-state index < -0.39 is 9.84 Å². The Labute approximate surface area is 173 Å². The second-order valence-electron chi connectivity index (χ2n) is 6.98. The highest BCUT2D eigenvalue weighted by Gasteiger charge is 2.15. The Balaban J connectivity index is 1.71. The molecule has 0 saturated carbocycles. The summed E-state index contributed by atoms with van der Waals surface area (Å²) in [5.74, 6) is 0.216. The molecular formula is C22H20FN3O3S. The second kappa shape index (κ2) is 7.87. The number of hydrogen-bond acceptors (Lipinski definition) is 5. The van der Waals surface area contributed by atoms with E-state index in [-0.39, 0.29) is 10.7 Å². The first-order valence-electron chi connectivity index (χ1n) is 9.32. The van der Waals surface area contributed by atoms with Crippen LogP contribution in [0.4, 0.5) is 4.39 Å². The highest BCUT2D eigenvalue weighted by molar-refractivity contribution is 7.90. The van der Waals surface area contributed by atoms with Crippen LogP contribution in [0.3, 0.4) is 0 Å². The third-order valence-corrected chi connectivity index (χ3v) is 6.15. The molecule has 0 bridgehead atoms. The van der Waals surface area contributed by atoms with Crippen molar-refractivity contribution in [3.63, 3.8) is 0 Å². The van der Waals surface area contributed by atoms with Gasteiger partial charge in [-0.2, -0.15) is 0 Å². The van der Waals surface area contributed by atoms with E-state index in [1.807, 2.05) is 22.6 Å². The van der Waals surface area contributed by atoms with E-state index in [1.165, 1.54) is 19.4 Å². The van der Waals surface area contributed by atoms with Crippen molar-refractivity contribution in [3.8, 4) is 16.9 Å². The molecule has 0 spiro atoms. The lowest BCUT2D eigenvalue weighted by atomic mass is 10.0. The van der Waals surface area contributed by atoms with E-state index in [9.17, 15) is 12.8 Å². The van der Waals surface area contributed by atoms with Crippen molar-refractivity contribution >= 4 is 15.5 Å². The number of pyridine rings is 1. The zero-order valence-corrected chi connectivity index (χ0v) is 17.4. The number of fused-ring (bicyclic) bond motifs is 1. The molecule has 2 aromatic carbocycles. The fourth-order valence-corrected chi connectivity index (χ4v) is 4.18. The molecule has 0 fully saturated rings. The highest BCUT2D eigenvalue weighted by atomic mass is 32.2. The van der Waals surface area contributed by atoms with E-state index in [4.69, 9.17) is 4.74 Å². The number of sulfone groups is 1. The van der Waals surface area contributed by atoms with Crippen molar-refractivity contribution in [3.05, 3.63) is 78.0 Å². The lowest BCUT2D eigenvalue weighted by Crippen LogP contribution is -2.03. The van der Waals surface area contributed by atoms with E-state index in [0.717, 1.165) is 16.8 Å². The molecule has 0 N–H and O–H groups in total. The van der Waals surface area contributed by atoms with Gasteiger partial charge in [0.05, 0.1) is 12.0 Å². The Kier molecular flexibility index (Phi) is 5.26. The van der Waals surface area contributed by atoms with E-state index in [2.05, 4.69) is 10.2 Å². The fraction of sp³-hybridized carbons (Fsp3) is 0.182. The number of aryl methyl sites for hydroxylation is 1. The van der Waals surface area contributed by atoms with Crippen LogP contribution in [0.5, 0.6) is 5.75 Å². The maximum absolute atomic E-state index is 14.3. The minimum absolute atomic E-state index is 0.244. The summed E-state index contributed by atoms with van der Waals surface area (Å²) in [4.78, 5) is 0.244. The predicted octanol–water partition coefficient (Wildman–Crippen LogP) is 3.73. The van der Waals surface area contributed by atoms with Gasteiger partial charge < -0.3 is 4.74 Å². The summed E-state index contributed by atoms with van der Waals surface area (Å²) in [5, 5.41) is 8.24. The average Bonchev–Trinajstić information content (AvgIpc) is 3.22. The van der Waals surface area contributed by atoms with Crippen molar-refractivity contribution in [2.24, 2.45) is 0 Å². The molecule has 0 unspecified atom stereocenters. The molecule has 0 aliphatic carbocycles. The quantitative estimate of drug-likeness (QED) is 0.471. The Morgan fingerprint density at radius 2 is 1.87 bits per heavy atom. The van der Waals surface area contributed by atoms with Crippen LogP contribution in [0, 0.1) is 5.82 Å². The Morgan fingerprint density at radius 3 is 2.63 bits per heavy atom. The molecule has 0 atom stereocenters. The monoisotopic (exact) mass is 425 g/mol. The number of rotatable bonds is 6. The summed E-state index contributed by atoms with van der Waals surface area (Å²) in [6, 6.07) is 15.3. The molecule has 2 heterocycles. The number of halogens is 1. The van der Waals surface area contributed by atoms with Gasteiger partial charge in [-0.1, -0.05) is 18.2 Å². The molecule has 30 heavy (non-hydrogen) atoms. The first-order valence-corrected chi connectivity index (χ1v) is 11.2. The first kappa shape index (κ1) is 20.0. The van der Waals surface area contributed by atoms with Gasteiger partial charge in [0.15, 0.2) is 15.5 Å². The van der Waals surface area contributed by atoms with Crippen LogP contribution >= 0.6 is 0 Å². The normalized spacial score (nSPS) is 11.7. The van der Waals surface area contributed by atoms with Crippen LogP contribution in [-0.4, -0.2) is 36.4 Å². The summed E-state index contributed by atoms with van der Waals surface area (Å²) in [7, 11) is -1.80. The van der Waals surface area contributed by atoms with Crippen molar-refractivity contribution in [2.75, 3.05) is 13.4 Å². The number of hydrogen-bond donors (Lipinski definition) is 0. The van der Waals surface area contributed by atoms with E-state index in [1.54, 1.807) is 36.7 Å². The Hall–Kier alpha value is -3.26.